The van der Waals surface area contributed by atoms with Crippen LogP contribution in [-0.4, -0.2) is 53.4 Å². The zero-order valence-corrected chi connectivity index (χ0v) is 19.3. The number of amides is 1. The molecule has 1 amide bonds. The molecule has 0 radical (unpaired) electrons. The number of nitrogen functional groups attached to an aromatic ring is 1. The molecular weight excluding hydrogens is 404 g/mol. The molecule has 0 aromatic heterocycles. The molecule has 0 bridgehead atoms. The normalized spacial score (nSPS) is 21.8. The third-order valence-electron chi connectivity index (χ3n) is 7.16. The lowest BCUT2D eigenvalue weighted by Gasteiger charge is -2.40. The van der Waals surface area contributed by atoms with Crippen molar-refractivity contribution in [1.29, 1.82) is 5.41 Å². The van der Waals surface area contributed by atoms with E-state index in [1.54, 1.807) is 0 Å². The molecular formula is C25H38N4O3. The topological polar surface area (TPSA) is 111 Å². The highest BCUT2D eigenvalue weighted by Crippen LogP contribution is 2.31. The zero-order valence-electron chi connectivity index (χ0n) is 19.3. The second-order valence-corrected chi connectivity index (χ2v) is 9.30. The first-order chi connectivity index (χ1) is 15.4. The Labute approximate surface area is 191 Å². The van der Waals surface area contributed by atoms with Crippen molar-refractivity contribution >= 4 is 23.4 Å². The van der Waals surface area contributed by atoms with Crippen LogP contribution in [0.3, 0.4) is 0 Å². The number of nitrogens with one attached hydrogen (secondary N) is 1. The average molecular weight is 443 g/mol. The van der Waals surface area contributed by atoms with Crippen molar-refractivity contribution in [2.45, 2.75) is 70.8 Å². The largest absolute Gasteiger partial charge is 0.481 e. The van der Waals surface area contributed by atoms with Gasteiger partial charge in [0.1, 0.15) is 5.84 Å². The lowest BCUT2D eigenvalue weighted by Crippen LogP contribution is -2.48. The Balaban J connectivity index is 1.59. The molecule has 2 aliphatic rings. The quantitative estimate of drug-likeness (QED) is 0.306. The third kappa shape index (κ3) is 6.02. The number of hydrogen-bond acceptors (Lipinski definition) is 4. The summed E-state index contributed by atoms with van der Waals surface area (Å²) in [5.41, 5.74) is 7.37. The van der Waals surface area contributed by atoms with Gasteiger partial charge in [-0.15, -0.1) is 0 Å². The summed E-state index contributed by atoms with van der Waals surface area (Å²) < 4.78 is 0. The van der Waals surface area contributed by atoms with E-state index in [-0.39, 0.29) is 29.6 Å². The lowest BCUT2D eigenvalue weighted by atomic mass is 9.84. The Hall–Kier alpha value is -2.57. The molecule has 1 aliphatic heterocycles. The Kier molecular flexibility index (Phi) is 8.53. The fourth-order valence-electron chi connectivity index (χ4n) is 5.11. The maximum absolute atomic E-state index is 13.5. The number of nitrogens with zero attached hydrogens (tertiary/aromatic N) is 2. The van der Waals surface area contributed by atoms with Crippen molar-refractivity contribution in [3.63, 3.8) is 0 Å². The van der Waals surface area contributed by atoms with Gasteiger partial charge in [-0.1, -0.05) is 19.8 Å². The summed E-state index contributed by atoms with van der Waals surface area (Å²) in [7, 11) is 0. The molecule has 1 saturated heterocycles. The second kappa shape index (κ2) is 11.3. The monoisotopic (exact) mass is 442 g/mol. The van der Waals surface area contributed by atoms with Crippen molar-refractivity contribution in [2.75, 3.05) is 24.5 Å². The van der Waals surface area contributed by atoms with Crippen LogP contribution in [0.1, 0.15) is 70.3 Å². The number of rotatable bonds is 9. The van der Waals surface area contributed by atoms with Crippen LogP contribution >= 0.6 is 0 Å². The molecule has 0 atom stereocenters. The van der Waals surface area contributed by atoms with Crippen molar-refractivity contribution in [3.05, 3.63) is 29.8 Å². The zero-order chi connectivity index (χ0) is 23.1. The van der Waals surface area contributed by atoms with E-state index in [9.17, 15) is 14.7 Å². The molecule has 7 heteroatoms. The summed E-state index contributed by atoms with van der Waals surface area (Å²) in [6, 6.07) is 7.93. The summed E-state index contributed by atoms with van der Waals surface area (Å²) in [5, 5.41) is 16.8. The van der Waals surface area contributed by atoms with E-state index in [1.807, 2.05) is 24.3 Å². The highest BCUT2D eigenvalue weighted by atomic mass is 16.4. The highest BCUT2D eigenvalue weighted by molar-refractivity contribution is 5.95. The van der Waals surface area contributed by atoms with Gasteiger partial charge in [-0.3, -0.25) is 15.0 Å². The minimum absolute atomic E-state index is 0.0431. The summed E-state index contributed by atoms with van der Waals surface area (Å²) >= 11 is 0. The standard InChI is InChI=1S/C25H38N4O3/c1-2-3-4-15-29(22-11-7-20(8-12-22)25(31)32)24(30)19-13-16-28(17-14-19)21-9-5-18(6-10-21)23(26)27/h5-6,9-10,19-20,22H,2-4,7-8,11-17H2,1H3,(H3,26,27)(H,31,32)/t20-,22-. The van der Waals surface area contributed by atoms with E-state index >= 15 is 0 Å². The minimum Gasteiger partial charge on any atom is -0.481 e. The summed E-state index contributed by atoms with van der Waals surface area (Å²) in [6.07, 6.45) is 7.87. The van der Waals surface area contributed by atoms with Crippen LogP contribution < -0.4 is 10.6 Å². The molecule has 4 N–H and O–H groups in total. The number of carbonyl (C=O) groups excluding carboxylic acids is 1. The highest BCUT2D eigenvalue weighted by Gasteiger charge is 2.35. The van der Waals surface area contributed by atoms with Crippen molar-refractivity contribution < 1.29 is 14.7 Å². The maximum atomic E-state index is 13.5. The molecule has 7 nitrogen and oxygen atoms in total. The number of benzene rings is 1. The first-order valence-corrected chi connectivity index (χ1v) is 12.1. The number of unbranched alkanes of at least 4 members (excludes halogenated alkanes) is 2. The molecule has 176 valence electrons. The number of carboxylic acid groups (broad SMARTS) is 1. The number of nitrogens with two attached hydrogens (primary N) is 1. The van der Waals surface area contributed by atoms with Crippen molar-refractivity contribution in [3.8, 4) is 0 Å². The van der Waals surface area contributed by atoms with Crippen LogP contribution in [0.25, 0.3) is 0 Å². The van der Waals surface area contributed by atoms with Gasteiger partial charge in [0.15, 0.2) is 0 Å². The third-order valence-corrected chi connectivity index (χ3v) is 7.16. The van der Waals surface area contributed by atoms with Gasteiger partial charge < -0.3 is 20.6 Å². The van der Waals surface area contributed by atoms with E-state index in [1.165, 1.54) is 0 Å². The van der Waals surface area contributed by atoms with E-state index < -0.39 is 5.97 Å². The second-order valence-electron chi connectivity index (χ2n) is 9.30. The van der Waals surface area contributed by atoms with E-state index in [0.717, 1.165) is 75.8 Å². The molecule has 1 aliphatic carbocycles. The average Bonchev–Trinajstić information content (AvgIpc) is 2.82. The van der Waals surface area contributed by atoms with Crippen LogP contribution in [-0.2, 0) is 9.59 Å². The number of amidine groups is 1. The van der Waals surface area contributed by atoms with Crippen molar-refractivity contribution in [2.24, 2.45) is 17.6 Å². The summed E-state index contributed by atoms with van der Waals surface area (Å²) in [4.78, 5) is 29.2. The smallest absolute Gasteiger partial charge is 0.306 e. The maximum Gasteiger partial charge on any atom is 0.306 e. The first kappa shape index (κ1) is 24.1. The molecule has 3 rings (SSSR count). The van der Waals surface area contributed by atoms with Crippen LogP contribution in [0.2, 0.25) is 0 Å². The Morgan fingerprint density at radius 3 is 2.19 bits per heavy atom. The van der Waals surface area contributed by atoms with Gasteiger partial charge in [-0.2, -0.15) is 0 Å². The SMILES string of the molecule is CCCCCN(C(=O)C1CCN(c2ccc(C(=N)N)cc2)CC1)[C@H]1CC[C@H](C(=O)O)CC1. The van der Waals surface area contributed by atoms with E-state index in [0.29, 0.717) is 12.8 Å². The molecule has 0 unspecified atom stereocenters. The first-order valence-electron chi connectivity index (χ1n) is 12.1. The molecule has 1 aromatic carbocycles. The van der Waals surface area contributed by atoms with Gasteiger partial charge in [0, 0.05) is 42.8 Å². The van der Waals surface area contributed by atoms with E-state index in [2.05, 4.69) is 16.7 Å². The van der Waals surface area contributed by atoms with Gasteiger partial charge in [0.2, 0.25) is 5.91 Å². The minimum atomic E-state index is -0.698. The molecule has 1 heterocycles. The Bertz CT molecular complexity index is 779. The fourth-order valence-corrected chi connectivity index (χ4v) is 5.11. The summed E-state index contributed by atoms with van der Waals surface area (Å²) in [5.74, 6) is -0.568. The van der Waals surface area contributed by atoms with E-state index in [4.69, 9.17) is 11.1 Å². The lowest BCUT2D eigenvalue weighted by molar-refractivity contribution is -0.144. The number of carbonyl (C=O) groups is 2. The van der Waals surface area contributed by atoms with Gasteiger partial charge in [-0.05, 0) is 69.2 Å². The predicted molar refractivity (Wildman–Crippen MR) is 127 cm³/mol. The Morgan fingerprint density at radius 2 is 1.66 bits per heavy atom. The predicted octanol–water partition coefficient (Wildman–Crippen LogP) is 3.85. The van der Waals surface area contributed by atoms with Gasteiger partial charge in [-0.25, -0.2) is 0 Å². The van der Waals surface area contributed by atoms with Crippen LogP contribution in [0, 0.1) is 17.2 Å². The fraction of sp³-hybridized carbons (Fsp3) is 0.640. The van der Waals surface area contributed by atoms with Crippen LogP contribution in [0.4, 0.5) is 5.69 Å². The number of aliphatic carboxylic acids is 1. The van der Waals surface area contributed by atoms with Gasteiger partial charge >= 0.3 is 5.97 Å². The molecule has 1 aromatic rings. The molecule has 2 fully saturated rings. The summed E-state index contributed by atoms with van der Waals surface area (Å²) in [6.45, 7) is 4.64. The number of piperidine rings is 1. The van der Waals surface area contributed by atoms with Gasteiger partial charge in [0.25, 0.3) is 0 Å². The number of anilines is 1. The van der Waals surface area contributed by atoms with Crippen molar-refractivity contribution in [1.82, 2.24) is 4.90 Å². The number of hydrogen-bond donors (Lipinski definition) is 3. The molecule has 0 spiro atoms. The van der Waals surface area contributed by atoms with Gasteiger partial charge in [0.05, 0.1) is 5.92 Å². The van der Waals surface area contributed by atoms with Crippen LogP contribution in [0.5, 0.6) is 0 Å². The molecule has 1 saturated carbocycles. The molecule has 32 heavy (non-hydrogen) atoms. The Morgan fingerprint density at radius 1 is 1.03 bits per heavy atom. The van der Waals surface area contributed by atoms with Crippen LogP contribution in [0.15, 0.2) is 24.3 Å². The number of carboxylic acids is 1.